The average Bonchev–Trinajstić information content (AvgIpc) is 2.76. The van der Waals surface area contributed by atoms with Gasteiger partial charge in [-0.05, 0) is 52.4 Å². The number of benzene rings is 1. The second-order valence-corrected chi connectivity index (χ2v) is 10.4. The predicted octanol–water partition coefficient (Wildman–Crippen LogP) is 3.93. The van der Waals surface area contributed by atoms with Crippen molar-refractivity contribution in [3.05, 3.63) is 44.7 Å². The van der Waals surface area contributed by atoms with Gasteiger partial charge in [0, 0.05) is 48.0 Å². The van der Waals surface area contributed by atoms with Crippen molar-refractivity contribution in [2.45, 2.75) is 39.5 Å². The van der Waals surface area contributed by atoms with Crippen LogP contribution in [0, 0.1) is 5.41 Å². The number of dihydropyridines is 1. The van der Waals surface area contributed by atoms with E-state index in [1.165, 1.54) is 0 Å². The number of ketones is 1. The van der Waals surface area contributed by atoms with Gasteiger partial charge in [-0.2, -0.15) is 0 Å². The Morgan fingerprint density at radius 2 is 1.88 bits per heavy atom. The van der Waals surface area contributed by atoms with Crippen molar-refractivity contribution >= 4 is 27.6 Å². The number of hydrogen-bond acceptors (Lipinski definition) is 6. The van der Waals surface area contributed by atoms with Crippen molar-refractivity contribution in [3.63, 3.8) is 0 Å². The van der Waals surface area contributed by atoms with E-state index in [2.05, 4.69) is 35.1 Å². The monoisotopic (exact) mass is 518 g/mol. The van der Waals surface area contributed by atoms with Crippen molar-refractivity contribution in [3.8, 4) is 11.5 Å². The van der Waals surface area contributed by atoms with Gasteiger partial charge in [0.25, 0.3) is 5.91 Å². The molecule has 1 saturated heterocycles. The van der Waals surface area contributed by atoms with E-state index in [1.807, 2.05) is 24.0 Å². The van der Waals surface area contributed by atoms with Gasteiger partial charge in [0.15, 0.2) is 17.3 Å². The molecule has 0 spiro atoms. The number of rotatable bonds is 4. The van der Waals surface area contributed by atoms with Crippen LogP contribution in [0.3, 0.4) is 0 Å². The summed E-state index contributed by atoms with van der Waals surface area (Å²) in [6.45, 7) is 8.22. The molecule has 33 heavy (non-hydrogen) atoms. The second-order valence-electron chi connectivity index (χ2n) is 9.57. The Labute approximate surface area is 203 Å². The Bertz CT molecular complexity index is 1050. The zero-order valence-electron chi connectivity index (χ0n) is 19.8. The van der Waals surface area contributed by atoms with E-state index in [9.17, 15) is 9.59 Å². The number of ether oxygens (including phenoxy) is 3. The fraction of sp³-hybridized carbons (Fsp3) is 0.520. The van der Waals surface area contributed by atoms with Crippen LogP contribution in [0.15, 0.2) is 39.1 Å². The van der Waals surface area contributed by atoms with E-state index in [0.717, 1.165) is 23.4 Å². The molecule has 4 rings (SSSR count). The van der Waals surface area contributed by atoms with Crippen LogP contribution in [0.25, 0.3) is 0 Å². The van der Waals surface area contributed by atoms with E-state index in [1.54, 1.807) is 14.2 Å². The number of morpholine rings is 1. The summed E-state index contributed by atoms with van der Waals surface area (Å²) in [5.74, 6) is 0.633. The standard InChI is InChI=1S/C25H31BrN2O5/c1-14-20(24(30)28-6-8-33-9-7-28)21(15-10-16(26)23(32-5)19(11-15)31-4)22-17(27-14)12-25(2,3)13-18(22)29/h10-11,21,27H,6-9,12-13H2,1-5H3/t21-/m1/s1. The minimum atomic E-state index is -0.490. The molecule has 0 radical (unpaired) electrons. The molecule has 1 aromatic rings. The first kappa shape index (κ1) is 23.8. The Balaban J connectivity index is 1.89. The number of nitrogens with zero attached hydrogens (tertiary/aromatic N) is 1. The Hall–Kier alpha value is -2.32. The molecule has 1 amide bonds. The Morgan fingerprint density at radius 1 is 1.18 bits per heavy atom. The fourth-order valence-corrected chi connectivity index (χ4v) is 5.72. The number of nitrogens with one attached hydrogen (secondary N) is 1. The summed E-state index contributed by atoms with van der Waals surface area (Å²) < 4.78 is 17.2. The third-order valence-electron chi connectivity index (χ3n) is 6.56. The molecule has 0 unspecified atom stereocenters. The van der Waals surface area contributed by atoms with Crippen molar-refractivity contribution in [2.24, 2.45) is 5.41 Å². The van der Waals surface area contributed by atoms with Gasteiger partial charge in [-0.3, -0.25) is 9.59 Å². The minimum Gasteiger partial charge on any atom is -0.493 e. The van der Waals surface area contributed by atoms with Gasteiger partial charge >= 0.3 is 0 Å². The van der Waals surface area contributed by atoms with Gasteiger partial charge in [0.1, 0.15) is 0 Å². The summed E-state index contributed by atoms with van der Waals surface area (Å²) in [5, 5.41) is 3.43. The van der Waals surface area contributed by atoms with Gasteiger partial charge in [-0.25, -0.2) is 0 Å². The van der Waals surface area contributed by atoms with Crippen LogP contribution >= 0.6 is 15.9 Å². The topological polar surface area (TPSA) is 77.1 Å². The number of methoxy groups -OCH3 is 2. The lowest BCUT2D eigenvalue weighted by Gasteiger charge is -2.41. The van der Waals surface area contributed by atoms with E-state index >= 15 is 0 Å². The van der Waals surface area contributed by atoms with E-state index in [4.69, 9.17) is 14.2 Å². The zero-order chi connectivity index (χ0) is 23.9. The van der Waals surface area contributed by atoms with Crippen LogP contribution in [0.4, 0.5) is 0 Å². The minimum absolute atomic E-state index is 0.0663. The molecule has 1 aromatic carbocycles. The summed E-state index contributed by atoms with van der Waals surface area (Å²) in [6.07, 6.45) is 1.19. The molecule has 7 nitrogen and oxygen atoms in total. The largest absolute Gasteiger partial charge is 0.493 e. The molecule has 2 aliphatic heterocycles. The molecule has 2 heterocycles. The first-order chi connectivity index (χ1) is 15.7. The second kappa shape index (κ2) is 9.14. The molecule has 1 aliphatic carbocycles. The zero-order valence-corrected chi connectivity index (χ0v) is 21.4. The molecular formula is C25H31BrN2O5. The number of carbonyl (C=O) groups excluding carboxylic acids is 2. The highest BCUT2D eigenvalue weighted by Gasteiger charge is 2.44. The number of allylic oxidation sites excluding steroid dienone is 3. The van der Waals surface area contributed by atoms with Crippen LogP contribution in [-0.4, -0.2) is 57.1 Å². The maximum absolute atomic E-state index is 13.8. The van der Waals surface area contributed by atoms with Crippen molar-refractivity contribution < 1.29 is 23.8 Å². The summed E-state index contributed by atoms with van der Waals surface area (Å²) in [5.41, 5.74) is 3.64. The molecular weight excluding hydrogens is 488 g/mol. The molecule has 1 N–H and O–H groups in total. The quantitative estimate of drug-likeness (QED) is 0.650. The van der Waals surface area contributed by atoms with Gasteiger partial charge in [-0.15, -0.1) is 0 Å². The molecule has 0 aromatic heterocycles. The summed E-state index contributed by atoms with van der Waals surface area (Å²) >= 11 is 3.59. The highest BCUT2D eigenvalue weighted by atomic mass is 79.9. The number of carbonyl (C=O) groups is 2. The molecule has 0 saturated carbocycles. The average molecular weight is 519 g/mol. The molecule has 3 aliphatic rings. The summed E-state index contributed by atoms with van der Waals surface area (Å²) in [7, 11) is 3.16. The first-order valence-corrected chi connectivity index (χ1v) is 12.0. The molecule has 1 fully saturated rings. The van der Waals surface area contributed by atoms with Gasteiger partial charge in [-0.1, -0.05) is 13.8 Å². The molecule has 0 bridgehead atoms. The lowest BCUT2D eigenvalue weighted by atomic mass is 9.68. The number of hydrogen-bond donors (Lipinski definition) is 1. The third-order valence-corrected chi connectivity index (χ3v) is 7.15. The van der Waals surface area contributed by atoms with Crippen molar-refractivity contribution in [1.82, 2.24) is 10.2 Å². The van der Waals surface area contributed by atoms with Crippen LogP contribution in [-0.2, 0) is 14.3 Å². The van der Waals surface area contributed by atoms with Crippen LogP contribution < -0.4 is 14.8 Å². The Kier molecular flexibility index (Phi) is 6.60. The maximum atomic E-state index is 13.8. The van der Waals surface area contributed by atoms with E-state index in [0.29, 0.717) is 59.8 Å². The predicted molar refractivity (Wildman–Crippen MR) is 128 cm³/mol. The normalized spacial score (nSPS) is 22.7. The van der Waals surface area contributed by atoms with Gasteiger partial charge in [0.05, 0.1) is 31.9 Å². The lowest BCUT2D eigenvalue weighted by Crippen LogP contribution is -2.45. The van der Waals surface area contributed by atoms with E-state index in [-0.39, 0.29) is 17.1 Å². The van der Waals surface area contributed by atoms with Crippen molar-refractivity contribution in [1.29, 1.82) is 0 Å². The third kappa shape index (κ3) is 4.43. The highest BCUT2D eigenvalue weighted by Crippen LogP contribution is 2.49. The van der Waals surface area contributed by atoms with Crippen LogP contribution in [0.5, 0.6) is 11.5 Å². The summed E-state index contributed by atoms with van der Waals surface area (Å²) in [6, 6.07) is 3.80. The number of halogens is 1. The number of amides is 1. The molecule has 8 heteroatoms. The Morgan fingerprint density at radius 3 is 2.52 bits per heavy atom. The van der Waals surface area contributed by atoms with Gasteiger partial charge in [0.2, 0.25) is 0 Å². The molecule has 178 valence electrons. The van der Waals surface area contributed by atoms with E-state index < -0.39 is 5.92 Å². The van der Waals surface area contributed by atoms with Gasteiger partial charge < -0.3 is 24.4 Å². The van der Waals surface area contributed by atoms with Crippen LogP contribution in [0.1, 0.15) is 45.1 Å². The molecule has 1 atom stereocenters. The van der Waals surface area contributed by atoms with Crippen LogP contribution in [0.2, 0.25) is 0 Å². The highest BCUT2D eigenvalue weighted by molar-refractivity contribution is 9.10. The summed E-state index contributed by atoms with van der Waals surface area (Å²) in [4.78, 5) is 29.1. The maximum Gasteiger partial charge on any atom is 0.252 e. The first-order valence-electron chi connectivity index (χ1n) is 11.2. The smallest absolute Gasteiger partial charge is 0.252 e. The van der Waals surface area contributed by atoms with Crippen molar-refractivity contribution in [2.75, 3.05) is 40.5 Å². The lowest BCUT2D eigenvalue weighted by molar-refractivity contribution is -0.131. The fourth-order valence-electron chi connectivity index (χ4n) is 5.09. The number of Topliss-reactive ketones (excluding diaryl/α,β-unsaturated/α-hetero) is 1. The SMILES string of the molecule is COc1cc([C@@H]2C(C(=O)N3CCOCC3)=C(C)NC3=C2C(=O)CC(C)(C)C3)cc(Br)c1OC.